The molecule has 1 aliphatic heterocycles. The molecule has 0 N–H and O–H groups in total. The minimum Gasteiger partial charge on any atom is -0.493 e. The van der Waals surface area contributed by atoms with Crippen molar-refractivity contribution in [3.63, 3.8) is 0 Å². The first-order chi connectivity index (χ1) is 15.5. The maximum atomic E-state index is 13.4. The van der Waals surface area contributed by atoms with Crippen molar-refractivity contribution in [2.24, 2.45) is 0 Å². The molecule has 7 heteroatoms. The van der Waals surface area contributed by atoms with Gasteiger partial charge in [0.2, 0.25) is 0 Å². The number of hydrogen-bond acceptors (Lipinski definition) is 6. The Morgan fingerprint density at radius 3 is 2.75 bits per heavy atom. The largest absolute Gasteiger partial charge is 0.493 e. The van der Waals surface area contributed by atoms with Gasteiger partial charge in [0.05, 0.1) is 12.8 Å². The number of hydrogen-bond donors (Lipinski definition) is 0. The number of nitrogens with zero attached hydrogens (tertiary/aromatic N) is 2. The van der Waals surface area contributed by atoms with Gasteiger partial charge in [0, 0.05) is 29.5 Å². The van der Waals surface area contributed by atoms with Gasteiger partial charge in [-0.15, -0.1) is 0 Å². The van der Waals surface area contributed by atoms with E-state index in [0.29, 0.717) is 35.2 Å². The van der Waals surface area contributed by atoms with E-state index >= 15 is 0 Å². The molecule has 0 unspecified atom stereocenters. The van der Waals surface area contributed by atoms with Crippen LogP contribution >= 0.6 is 0 Å². The van der Waals surface area contributed by atoms with E-state index in [0.717, 1.165) is 43.6 Å². The second kappa shape index (κ2) is 9.96. The molecule has 1 fully saturated rings. The van der Waals surface area contributed by atoms with Crippen LogP contribution in [0.15, 0.2) is 53.1 Å². The van der Waals surface area contributed by atoms with Gasteiger partial charge in [0.15, 0.2) is 22.9 Å². The van der Waals surface area contributed by atoms with E-state index in [4.69, 9.17) is 14.0 Å². The molecule has 0 spiro atoms. The fourth-order valence-electron chi connectivity index (χ4n) is 4.05. The molecule has 4 rings (SSSR count). The van der Waals surface area contributed by atoms with E-state index in [9.17, 15) is 9.18 Å². The van der Waals surface area contributed by atoms with Crippen molar-refractivity contribution in [3.05, 3.63) is 65.6 Å². The quantitative estimate of drug-likeness (QED) is 0.365. The Balaban J connectivity index is 1.24. The number of halogens is 1. The maximum Gasteiger partial charge on any atom is 0.170 e. The number of ketones is 1. The van der Waals surface area contributed by atoms with Crippen LogP contribution in [0, 0.1) is 5.82 Å². The summed E-state index contributed by atoms with van der Waals surface area (Å²) in [5.41, 5.74) is 2.05. The zero-order chi connectivity index (χ0) is 22.5. The van der Waals surface area contributed by atoms with Crippen LogP contribution in [0.3, 0.4) is 0 Å². The summed E-state index contributed by atoms with van der Waals surface area (Å²) in [6, 6.07) is 9.80. The van der Waals surface area contributed by atoms with Crippen LogP contribution < -0.4 is 9.47 Å². The van der Waals surface area contributed by atoms with Gasteiger partial charge >= 0.3 is 0 Å². The SMILES string of the molecule is COc1cc(C(C)=O)ccc1OCC=CCN1CCC(c2noc3cc(F)ccc23)CC1. The number of benzene rings is 2. The molecule has 3 aromatic rings. The monoisotopic (exact) mass is 438 g/mol. The highest BCUT2D eigenvalue weighted by atomic mass is 19.1. The van der Waals surface area contributed by atoms with E-state index in [2.05, 4.69) is 16.1 Å². The summed E-state index contributed by atoms with van der Waals surface area (Å²) in [5.74, 6) is 1.18. The standard InChI is InChI=1S/C25H27FN2O4/c1-17(29)19-5-8-22(24(15-19)30-2)31-14-4-3-11-28-12-9-18(10-13-28)25-21-7-6-20(26)16-23(21)32-27-25/h3-8,15-16,18H,9-14H2,1-2H3. The van der Waals surface area contributed by atoms with Crippen molar-refractivity contribution >= 4 is 16.8 Å². The van der Waals surface area contributed by atoms with E-state index < -0.39 is 0 Å². The predicted octanol–water partition coefficient (Wildman–Crippen LogP) is 4.99. The van der Waals surface area contributed by atoms with E-state index in [-0.39, 0.29) is 11.6 Å². The van der Waals surface area contributed by atoms with Gasteiger partial charge in [-0.1, -0.05) is 17.3 Å². The van der Waals surface area contributed by atoms with Crippen molar-refractivity contribution in [1.29, 1.82) is 0 Å². The first-order valence-corrected chi connectivity index (χ1v) is 10.8. The number of Topliss-reactive ketones (excluding diaryl/α,β-unsaturated/α-hetero) is 1. The summed E-state index contributed by atoms with van der Waals surface area (Å²) in [6.45, 7) is 4.72. The Hall–Kier alpha value is -3.19. The summed E-state index contributed by atoms with van der Waals surface area (Å²) in [5, 5.41) is 5.12. The maximum absolute atomic E-state index is 13.4. The van der Waals surface area contributed by atoms with E-state index in [1.54, 1.807) is 31.4 Å². The van der Waals surface area contributed by atoms with Crippen molar-refractivity contribution in [3.8, 4) is 11.5 Å². The van der Waals surface area contributed by atoms with Crippen LogP contribution in [0.25, 0.3) is 11.0 Å². The summed E-state index contributed by atoms with van der Waals surface area (Å²) in [7, 11) is 1.56. The number of piperidine rings is 1. The summed E-state index contributed by atoms with van der Waals surface area (Å²) in [6.07, 6.45) is 6.07. The highest BCUT2D eigenvalue weighted by Crippen LogP contribution is 2.33. The summed E-state index contributed by atoms with van der Waals surface area (Å²) >= 11 is 0. The van der Waals surface area contributed by atoms with Gasteiger partial charge in [0.1, 0.15) is 12.4 Å². The van der Waals surface area contributed by atoms with Crippen molar-refractivity contribution < 1.29 is 23.2 Å². The molecule has 32 heavy (non-hydrogen) atoms. The Morgan fingerprint density at radius 2 is 2.00 bits per heavy atom. The summed E-state index contributed by atoms with van der Waals surface area (Å²) < 4.78 is 29.8. The smallest absolute Gasteiger partial charge is 0.170 e. The van der Waals surface area contributed by atoms with Crippen LogP contribution in [0.2, 0.25) is 0 Å². The normalized spacial score (nSPS) is 15.5. The lowest BCUT2D eigenvalue weighted by Gasteiger charge is -2.30. The minimum absolute atomic E-state index is 0.0100. The van der Waals surface area contributed by atoms with Crippen LogP contribution in [0.1, 0.15) is 41.7 Å². The van der Waals surface area contributed by atoms with Crippen LogP contribution in [-0.2, 0) is 0 Å². The van der Waals surface area contributed by atoms with E-state index in [1.807, 2.05) is 6.08 Å². The topological polar surface area (TPSA) is 64.8 Å². The van der Waals surface area contributed by atoms with Crippen LogP contribution in [0.5, 0.6) is 11.5 Å². The Labute approximate surface area is 186 Å². The Morgan fingerprint density at radius 1 is 1.19 bits per heavy atom. The molecule has 1 aliphatic rings. The van der Waals surface area contributed by atoms with Gasteiger partial charge in [-0.2, -0.15) is 0 Å². The number of carbonyl (C=O) groups is 1. The third-order valence-electron chi connectivity index (χ3n) is 5.87. The Kier molecular flexibility index (Phi) is 6.85. The number of carbonyl (C=O) groups excluding carboxylic acids is 1. The highest BCUT2D eigenvalue weighted by Gasteiger charge is 2.24. The average molecular weight is 438 g/mol. The van der Waals surface area contributed by atoms with Crippen molar-refractivity contribution in [1.82, 2.24) is 10.1 Å². The lowest BCUT2D eigenvalue weighted by atomic mass is 9.91. The molecule has 2 heterocycles. The number of rotatable bonds is 8. The van der Waals surface area contributed by atoms with Gasteiger partial charge in [-0.05, 0) is 63.2 Å². The fourth-order valence-corrected chi connectivity index (χ4v) is 4.05. The summed E-state index contributed by atoms with van der Waals surface area (Å²) in [4.78, 5) is 13.9. The first-order valence-electron chi connectivity index (χ1n) is 10.8. The number of likely N-dealkylation sites (tertiary alicyclic amines) is 1. The predicted molar refractivity (Wildman–Crippen MR) is 120 cm³/mol. The first kappa shape index (κ1) is 22.0. The molecular weight excluding hydrogens is 411 g/mol. The molecule has 0 radical (unpaired) electrons. The van der Waals surface area contributed by atoms with Gasteiger partial charge in [-0.3, -0.25) is 9.69 Å². The molecule has 0 saturated carbocycles. The molecule has 0 amide bonds. The van der Waals surface area contributed by atoms with Gasteiger partial charge in [0.25, 0.3) is 0 Å². The molecule has 1 saturated heterocycles. The molecule has 2 aromatic carbocycles. The average Bonchev–Trinajstić information content (AvgIpc) is 3.22. The second-order valence-electron chi connectivity index (χ2n) is 7.99. The zero-order valence-electron chi connectivity index (χ0n) is 18.3. The molecule has 6 nitrogen and oxygen atoms in total. The molecular formula is C25H27FN2O4. The lowest BCUT2D eigenvalue weighted by Crippen LogP contribution is -2.33. The van der Waals surface area contributed by atoms with E-state index in [1.165, 1.54) is 19.1 Å². The molecule has 168 valence electrons. The minimum atomic E-state index is -0.308. The molecule has 0 atom stereocenters. The van der Waals surface area contributed by atoms with Crippen molar-refractivity contribution in [2.75, 3.05) is 33.4 Å². The number of methoxy groups -OCH3 is 1. The number of fused-ring (bicyclic) bond motifs is 1. The molecule has 0 aliphatic carbocycles. The molecule has 1 aromatic heterocycles. The van der Waals surface area contributed by atoms with Crippen LogP contribution in [0.4, 0.5) is 4.39 Å². The van der Waals surface area contributed by atoms with Gasteiger partial charge < -0.3 is 14.0 Å². The number of ether oxygens (including phenoxy) is 2. The van der Waals surface area contributed by atoms with Gasteiger partial charge in [-0.25, -0.2) is 4.39 Å². The lowest BCUT2D eigenvalue weighted by molar-refractivity contribution is 0.101. The van der Waals surface area contributed by atoms with Crippen LogP contribution in [-0.4, -0.2) is 49.2 Å². The zero-order valence-corrected chi connectivity index (χ0v) is 18.3. The third-order valence-corrected chi connectivity index (χ3v) is 5.87. The Bertz CT molecular complexity index is 1120. The molecule has 0 bridgehead atoms. The third kappa shape index (κ3) is 4.99. The number of aromatic nitrogens is 1. The highest BCUT2D eigenvalue weighted by molar-refractivity contribution is 5.94. The second-order valence-corrected chi connectivity index (χ2v) is 7.99. The van der Waals surface area contributed by atoms with Crippen molar-refractivity contribution in [2.45, 2.75) is 25.7 Å². The fraction of sp³-hybridized carbons (Fsp3) is 0.360.